The molecule has 0 aliphatic rings. The van der Waals surface area contributed by atoms with Gasteiger partial charge in [-0.1, -0.05) is 54.1 Å². The molecule has 0 aliphatic heterocycles. The van der Waals surface area contributed by atoms with E-state index in [1.807, 2.05) is 32.0 Å². The van der Waals surface area contributed by atoms with Crippen LogP contribution in [0, 0.1) is 13.8 Å². The maximum Gasteiger partial charge on any atom is 0.307 e. The maximum atomic E-state index is 12.1. The number of aryl methyl sites for hydroxylation is 2. The van der Waals surface area contributed by atoms with Crippen molar-refractivity contribution >= 4 is 27.9 Å². The first kappa shape index (κ1) is 21.5. The van der Waals surface area contributed by atoms with Gasteiger partial charge in [0.05, 0.1) is 6.42 Å². The third-order valence-corrected chi connectivity index (χ3v) is 5.02. The number of hydrogen-bond acceptors (Lipinski definition) is 5. The lowest BCUT2D eigenvalue weighted by atomic mass is 10.0. The van der Waals surface area contributed by atoms with Crippen LogP contribution in [0.25, 0.3) is 6.08 Å². The molecule has 148 valence electrons. The van der Waals surface area contributed by atoms with Gasteiger partial charge in [-0.2, -0.15) is 0 Å². The minimum absolute atomic E-state index is 0.113. The van der Waals surface area contributed by atoms with Crippen LogP contribution in [-0.4, -0.2) is 33.3 Å². The average Bonchev–Trinajstić information content (AvgIpc) is 2.65. The molecule has 0 aromatic heterocycles. The van der Waals surface area contributed by atoms with E-state index in [1.165, 1.54) is 6.08 Å². The summed E-state index contributed by atoms with van der Waals surface area (Å²) < 4.78 is 31.0. The Kier molecular flexibility index (Phi) is 7.66. The standard InChI is InChI=1S/C21H23NO5S/c1-16-8-9-19(17(2)14-16)20(23)15-27-21(24)10-12-22-28(25,26)13-11-18-6-4-3-5-7-18/h3-9,11,13-14,22H,10,12,15H2,1-2H3/b13-11+. The average molecular weight is 401 g/mol. The number of benzene rings is 2. The number of sulfonamides is 1. The van der Waals surface area contributed by atoms with Crippen LogP contribution in [0.1, 0.15) is 33.5 Å². The Morgan fingerprint density at radius 1 is 1.07 bits per heavy atom. The summed E-state index contributed by atoms with van der Waals surface area (Å²) in [5.41, 5.74) is 3.11. The minimum Gasteiger partial charge on any atom is -0.457 e. The van der Waals surface area contributed by atoms with Crippen molar-refractivity contribution in [1.82, 2.24) is 4.72 Å². The van der Waals surface area contributed by atoms with Crippen molar-refractivity contribution in [2.75, 3.05) is 13.2 Å². The molecule has 0 atom stereocenters. The van der Waals surface area contributed by atoms with E-state index in [0.29, 0.717) is 5.56 Å². The van der Waals surface area contributed by atoms with Crippen molar-refractivity contribution in [3.05, 3.63) is 76.2 Å². The van der Waals surface area contributed by atoms with Crippen molar-refractivity contribution in [2.24, 2.45) is 0 Å². The molecule has 7 heteroatoms. The zero-order valence-corrected chi connectivity index (χ0v) is 16.7. The van der Waals surface area contributed by atoms with Crippen LogP contribution >= 0.6 is 0 Å². The lowest BCUT2D eigenvalue weighted by Crippen LogP contribution is -2.25. The summed E-state index contributed by atoms with van der Waals surface area (Å²) in [6.45, 7) is 3.26. The Labute approximate surface area is 165 Å². The van der Waals surface area contributed by atoms with Gasteiger partial charge in [-0.15, -0.1) is 0 Å². The fourth-order valence-corrected chi connectivity index (χ4v) is 3.32. The second kappa shape index (κ2) is 9.96. The zero-order chi connectivity index (χ0) is 20.6. The van der Waals surface area contributed by atoms with Crippen LogP contribution < -0.4 is 4.72 Å². The molecule has 0 spiro atoms. The molecular weight excluding hydrogens is 378 g/mol. The van der Waals surface area contributed by atoms with Gasteiger partial charge >= 0.3 is 5.97 Å². The Balaban J connectivity index is 1.76. The summed E-state index contributed by atoms with van der Waals surface area (Å²) in [6.07, 6.45) is 1.29. The topological polar surface area (TPSA) is 89.5 Å². The fourth-order valence-electron chi connectivity index (χ4n) is 2.50. The van der Waals surface area contributed by atoms with Crippen molar-refractivity contribution < 1.29 is 22.7 Å². The Bertz CT molecular complexity index is 966. The van der Waals surface area contributed by atoms with Gasteiger partial charge in [0.2, 0.25) is 15.8 Å². The summed E-state index contributed by atoms with van der Waals surface area (Å²) in [5.74, 6) is -0.940. The smallest absolute Gasteiger partial charge is 0.307 e. The first-order chi connectivity index (χ1) is 13.3. The van der Waals surface area contributed by atoms with Gasteiger partial charge in [0.1, 0.15) is 0 Å². The van der Waals surface area contributed by atoms with E-state index in [9.17, 15) is 18.0 Å². The molecule has 0 amide bonds. The monoisotopic (exact) mass is 401 g/mol. The molecule has 0 unspecified atom stereocenters. The number of carbonyl (C=O) groups excluding carboxylic acids is 2. The quantitative estimate of drug-likeness (QED) is 0.515. The number of carbonyl (C=O) groups is 2. The highest BCUT2D eigenvalue weighted by Crippen LogP contribution is 2.11. The van der Waals surface area contributed by atoms with E-state index < -0.39 is 16.0 Å². The minimum atomic E-state index is -3.66. The number of esters is 1. The number of Topliss-reactive ketones (excluding diaryl/α,β-unsaturated/α-hetero) is 1. The van der Waals surface area contributed by atoms with E-state index >= 15 is 0 Å². The van der Waals surface area contributed by atoms with Crippen LogP contribution in [-0.2, 0) is 19.6 Å². The Morgan fingerprint density at radius 3 is 2.46 bits per heavy atom. The summed E-state index contributed by atoms with van der Waals surface area (Å²) in [6, 6.07) is 14.4. The number of ketones is 1. The molecular formula is C21H23NO5S. The van der Waals surface area contributed by atoms with E-state index in [2.05, 4.69) is 4.72 Å². The number of hydrogen-bond donors (Lipinski definition) is 1. The lowest BCUT2D eigenvalue weighted by molar-refractivity contribution is -0.142. The first-order valence-electron chi connectivity index (χ1n) is 8.76. The van der Waals surface area contributed by atoms with Gasteiger partial charge in [0, 0.05) is 17.5 Å². The summed E-state index contributed by atoms with van der Waals surface area (Å²) >= 11 is 0. The highest BCUT2D eigenvalue weighted by atomic mass is 32.2. The van der Waals surface area contributed by atoms with Gasteiger partial charge in [-0.05, 0) is 31.1 Å². The molecule has 2 aromatic carbocycles. The molecule has 0 bridgehead atoms. The van der Waals surface area contributed by atoms with Crippen LogP contribution in [0.4, 0.5) is 0 Å². The highest BCUT2D eigenvalue weighted by molar-refractivity contribution is 7.92. The highest BCUT2D eigenvalue weighted by Gasteiger charge is 2.13. The molecule has 0 saturated heterocycles. The van der Waals surface area contributed by atoms with Gasteiger partial charge in [-0.25, -0.2) is 13.1 Å². The molecule has 2 rings (SSSR count). The predicted molar refractivity (Wildman–Crippen MR) is 108 cm³/mol. The van der Waals surface area contributed by atoms with Crippen molar-refractivity contribution in [1.29, 1.82) is 0 Å². The van der Waals surface area contributed by atoms with Crippen LogP contribution in [0.5, 0.6) is 0 Å². The molecule has 0 radical (unpaired) electrons. The molecule has 28 heavy (non-hydrogen) atoms. The number of rotatable bonds is 9. The fraction of sp³-hybridized carbons (Fsp3) is 0.238. The van der Waals surface area contributed by atoms with Crippen LogP contribution in [0.3, 0.4) is 0 Å². The lowest BCUT2D eigenvalue weighted by Gasteiger charge is -2.07. The van der Waals surface area contributed by atoms with E-state index in [-0.39, 0.29) is 25.4 Å². The van der Waals surface area contributed by atoms with Gasteiger partial charge in [-0.3, -0.25) is 9.59 Å². The van der Waals surface area contributed by atoms with Crippen LogP contribution in [0.2, 0.25) is 0 Å². The number of nitrogens with one attached hydrogen (secondary N) is 1. The van der Waals surface area contributed by atoms with Gasteiger partial charge in [0.25, 0.3) is 0 Å². The SMILES string of the molecule is Cc1ccc(C(=O)COC(=O)CCNS(=O)(=O)/C=C/c2ccccc2)c(C)c1. The second-order valence-corrected chi connectivity index (χ2v) is 7.96. The maximum absolute atomic E-state index is 12.1. The van der Waals surface area contributed by atoms with Gasteiger partial charge < -0.3 is 4.74 Å². The number of ether oxygens (including phenoxy) is 1. The van der Waals surface area contributed by atoms with Gasteiger partial charge in [0.15, 0.2) is 6.61 Å². The predicted octanol–water partition coefficient (Wildman–Crippen LogP) is 3.01. The zero-order valence-electron chi connectivity index (χ0n) is 15.8. The summed E-state index contributed by atoms with van der Waals surface area (Å²) in [7, 11) is -3.66. The third-order valence-electron chi connectivity index (χ3n) is 3.92. The Hall–Kier alpha value is -2.77. The Morgan fingerprint density at radius 2 is 1.79 bits per heavy atom. The largest absolute Gasteiger partial charge is 0.457 e. The second-order valence-electron chi connectivity index (χ2n) is 6.31. The molecule has 0 heterocycles. The molecule has 0 aliphatic carbocycles. The summed E-state index contributed by atoms with van der Waals surface area (Å²) in [5, 5.41) is 1.04. The molecule has 0 saturated carbocycles. The van der Waals surface area contributed by atoms with Crippen LogP contribution in [0.15, 0.2) is 53.9 Å². The third kappa shape index (κ3) is 7.09. The molecule has 2 aromatic rings. The van der Waals surface area contributed by atoms with Crippen molar-refractivity contribution in [3.8, 4) is 0 Å². The van der Waals surface area contributed by atoms with E-state index in [1.54, 1.807) is 30.3 Å². The van der Waals surface area contributed by atoms with E-state index in [4.69, 9.17) is 4.74 Å². The summed E-state index contributed by atoms with van der Waals surface area (Å²) in [4.78, 5) is 23.9. The van der Waals surface area contributed by atoms with Crippen molar-refractivity contribution in [2.45, 2.75) is 20.3 Å². The van der Waals surface area contributed by atoms with E-state index in [0.717, 1.165) is 22.1 Å². The molecule has 1 N–H and O–H groups in total. The molecule has 0 fully saturated rings. The normalized spacial score (nSPS) is 11.5. The first-order valence-corrected chi connectivity index (χ1v) is 10.3. The molecule has 6 nitrogen and oxygen atoms in total. The van der Waals surface area contributed by atoms with Crippen molar-refractivity contribution in [3.63, 3.8) is 0 Å².